The summed E-state index contributed by atoms with van der Waals surface area (Å²) in [5.41, 5.74) is 2.60. The number of aliphatic hydroxyl groups is 1. The number of carbonyl (C=O) groups excluding carboxylic acids is 1. The summed E-state index contributed by atoms with van der Waals surface area (Å²) in [4.78, 5) is 23.7. The van der Waals surface area contributed by atoms with Crippen LogP contribution >= 0.6 is 0 Å². The number of ether oxygens (including phenoxy) is 1. The van der Waals surface area contributed by atoms with Gasteiger partial charge in [0, 0.05) is 23.3 Å². The molecule has 4 aliphatic carbocycles. The van der Waals surface area contributed by atoms with Gasteiger partial charge in [-0.15, -0.1) is 0 Å². The van der Waals surface area contributed by atoms with Crippen LogP contribution in [0.3, 0.4) is 0 Å². The average molecular weight is 513 g/mol. The molecule has 0 amide bonds. The van der Waals surface area contributed by atoms with Crippen molar-refractivity contribution in [3.8, 4) is 0 Å². The minimum absolute atomic E-state index is 0.0571. The maximum Gasteiger partial charge on any atom is 0.330 e. The highest BCUT2D eigenvalue weighted by atomic mass is 16.5. The van der Waals surface area contributed by atoms with Gasteiger partial charge >= 0.3 is 11.9 Å². The molecule has 0 aliphatic heterocycles. The zero-order valence-corrected chi connectivity index (χ0v) is 24.2. The van der Waals surface area contributed by atoms with Gasteiger partial charge in [-0.05, 0) is 97.7 Å². The molecule has 4 aliphatic rings. The fraction of sp³-hybridized carbons (Fsp3) is 0.750. The lowest BCUT2D eigenvalue weighted by atomic mass is 9.43. The molecule has 0 bridgehead atoms. The zero-order chi connectivity index (χ0) is 27.6. The Morgan fingerprint density at radius 2 is 1.78 bits per heavy atom. The van der Waals surface area contributed by atoms with Crippen LogP contribution in [0.1, 0.15) is 100 Å². The summed E-state index contributed by atoms with van der Waals surface area (Å²) in [7, 11) is 0. The van der Waals surface area contributed by atoms with Crippen molar-refractivity contribution in [1.82, 2.24) is 0 Å². The third-order valence-corrected chi connectivity index (χ3v) is 11.7. The molecule has 4 rings (SSSR count). The second kappa shape index (κ2) is 9.39. The van der Waals surface area contributed by atoms with Crippen LogP contribution in [0.25, 0.3) is 0 Å². The lowest BCUT2D eigenvalue weighted by Gasteiger charge is -2.62. The Kier molecular flexibility index (Phi) is 7.14. The molecule has 5 nitrogen and oxygen atoms in total. The standard InChI is InChI=1S/C32H48O5/c1-19(10-9-11-20(2)28(35)36)22-14-17-31(7)23-12-13-25-29(4,5)26(34)15-16-30(25,6)24(23)18-27(32(22,31)8)37-21(3)33/h11-12,18-19,22,25-27,34H,9-10,13-17H2,1-8H3,(H,35,36). The molecule has 0 heterocycles. The molecule has 0 radical (unpaired) electrons. The zero-order valence-electron chi connectivity index (χ0n) is 24.2. The van der Waals surface area contributed by atoms with Gasteiger partial charge in [0.25, 0.3) is 0 Å². The van der Waals surface area contributed by atoms with Crippen molar-refractivity contribution >= 4 is 11.9 Å². The first-order valence-corrected chi connectivity index (χ1v) is 14.3. The number of carbonyl (C=O) groups is 2. The largest absolute Gasteiger partial charge is 0.478 e. The first kappa shape index (κ1) is 28.1. The van der Waals surface area contributed by atoms with E-state index in [1.54, 1.807) is 6.92 Å². The molecular formula is C32H48O5. The van der Waals surface area contributed by atoms with Crippen molar-refractivity contribution < 1.29 is 24.5 Å². The van der Waals surface area contributed by atoms with Crippen molar-refractivity contribution in [2.45, 2.75) is 113 Å². The van der Waals surface area contributed by atoms with Gasteiger partial charge in [-0.1, -0.05) is 53.7 Å². The van der Waals surface area contributed by atoms with E-state index in [0.717, 1.165) is 44.9 Å². The second-order valence-corrected chi connectivity index (χ2v) is 13.8. The van der Waals surface area contributed by atoms with E-state index in [2.05, 4.69) is 53.7 Å². The third kappa shape index (κ3) is 4.15. The molecule has 0 aromatic heterocycles. The minimum atomic E-state index is -0.859. The van der Waals surface area contributed by atoms with E-state index in [1.165, 1.54) is 18.1 Å². The van der Waals surface area contributed by atoms with Gasteiger partial charge in [0.05, 0.1) is 6.10 Å². The van der Waals surface area contributed by atoms with Crippen molar-refractivity contribution in [3.63, 3.8) is 0 Å². The van der Waals surface area contributed by atoms with E-state index < -0.39 is 5.97 Å². The quantitative estimate of drug-likeness (QED) is 0.300. The summed E-state index contributed by atoms with van der Waals surface area (Å²) in [6.07, 6.45) is 12.5. The van der Waals surface area contributed by atoms with Crippen molar-refractivity contribution in [2.24, 2.45) is 39.4 Å². The number of hydrogen-bond donors (Lipinski definition) is 2. The van der Waals surface area contributed by atoms with E-state index in [4.69, 9.17) is 4.74 Å². The SMILES string of the molecule is CC(=O)OC1C=C2C(=CCC3C2(C)CCC(O)C3(C)C)C2(C)CCC(C(C)CCC=C(C)C(=O)O)C12C. The van der Waals surface area contributed by atoms with Crippen LogP contribution in [0.15, 0.2) is 34.9 Å². The first-order chi connectivity index (χ1) is 17.1. The van der Waals surface area contributed by atoms with Crippen LogP contribution in [0, 0.1) is 39.4 Å². The Balaban J connectivity index is 1.75. The van der Waals surface area contributed by atoms with Crippen LogP contribution in [0.4, 0.5) is 0 Å². The van der Waals surface area contributed by atoms with E-state index in [0.29, 0.717) is 23.3 Å². The molecule has 0 aromatic rings. The predicted octanol–water partition coefficient (Wildman–Crippen LogP) is 6.86. The first-order valence-electron chi connectivity index (χ1n) is 14.3. The number of aliphatic hydroxyl groups excluding tert-OH is 1. The van der Waals surface area contributed by atoms with Gasteiger partial charge in [0.2, 0.25) is 0 Å². The van der Waals surface area contributed by atoms with Crippen LogP contribution in [0.5, 0.6) is 0 Å². The lowest BCUT2D eigenvalue weighted by molar-refractivity contribution is -0.158. The van der Waals surface area contributed by atoms with Crippen LogP contribution in [-0.4, -0.2) is 34.4 Å². The molecule has 8 unspecified atom stereocenters. The van der Waals surface area contributed by atoms with Crippen LogP contribution in [-0.2, 0) is 14.3 Å². The molecule has 8 atom stereocenters. The lowest BCUT2D eigenvalue weighted by Crippen LogP contribution is -2.57. The van der Waals surface area contributed by atoms with Gasteiger partial charge in [-0.2, -0.15) is 0 Å². The van der Waals surface area contributed by atoms with Crippen molar-refractivity contribution in [3.05, 3.63) is 34.9 Å². The molecule has 2 fully saturated rings. The van der Waals surface area contributed by atoms with E-state index in [1.807, 2.05) is 6.08 Å². The maximum absolute atomic E-state index is 12.4. The number of allylic oxidation sites excluding steroid dienone is 4. The number of esters is 1. The molecular weight excluding hydrogens is 464 g/mol. The summed E-state index contributed by atoms with van der Waals surface area (Å²) in [6.45, 7) is 17.0. The summed E-state index contributed by atoms with van der Waals surface area (Å²) in [5, 5.41) is 20.1. The topological polar surface area (TPSA) is 83.8 Å². The Hall–Kier alpha value is -1.88. The molecule has 37 heavy (non-hydrogen) atoms. The summed E-state index contributed by atoms with van der Waals surface area (Å²) >= 11 is 0. The molecule has 0 aromatic carbocycles. The Morgan fingerprint density at radius 3 is 2.41 bits per heavy atom. The highest BCUT2D eigenvalue weighted by Crippen LogP contribution is 2.72. The molecule has 206 valence electrons. The molecule has 0 spiro atoms. The highest BCUT2D eigenvalue weighted by Gasteiger charge is 2.66. The Morgan fingerprint density at radius 1 is 1.11 bits per heavy atom. The number of hydrogen-bond acceptors (Lipinski definition) is 4. The second-order valence-electron chi connectivity index (χ2n) is 13.8. The summed E-state index contributed by atoms with van der Waals surface area (Å²) in [5.74, 6) is -0.0382. The molecule has 2 N–H and O–H groups in total. The number of rotatable bonds is 6. The van der Waals surface area contributed by atoms with Gasteiger partial charge in [-0.25, -0.2) is 4.79 Å². The molecule has 2 saturated carbocycles. The van der Waals surface area contributed by atoms with Crippen LogP contribution in [0.2, 0.25) is 0 Å². The number of aliphatic carboxylic acids is 1. The van der Waals surface area contributed by atoms with Crippen molar-refractivity contribution in [1.29, 1.82) is 0 Å². The number of carboxylic acids is 1. The normalized spacial score (nSPS) is 41.5. The van der Waals surface area contributed by atoms with Gasteiger partial charge in [0.1, 0.15) is 6.10 Å². The number of carboxylic acid groups (broad SMARTS) is 1. The summed E-state index contributed by atoms with van der Waals surface area (Å²) < 4.78 is 6.19. The minimum Gasteiger partial charge on any atom is -0.478 e. The summed E-state index contributed by atoms with van der Waals surface area (Å²) in [6, 6.07) is 0. The van der Waals surface area contributed by atoms with Gasteiger partial charge < -0.3 is 14.9 Å². The van der Waals surface area contributed by atoms with E-state index in [9.17, 15) is 19.8 Å². The average Bonchev–Trinajstić information content (AvgIpc) is 3.09. The third-order valence-electron chi connectivity index (χ3n) is 11.7. The highest BCUT2D eigenvalue weighted by molar-refractivity contribution is 5.85. The fourth-order valence-corrected chi connectivity index (χ4v) is 9.14. The van der Waals surface area contributed by atoms with Gasteiger partial charge in [-0.3, -0.25) is 4.79 Å². The number of fused-ring (bicyclic) bond motifs is 5. The molecule has 5 heteroatoms. The van der Waals surface area contributed by atoms with E-state index >= 15 is 0 Å². The molecule has 0 saturated heterocycles. The monoisotopic (exact) mass is 512 g/mol. The fourth-order valence-electron chi connectivity index (χ4n) is 9.14. The van der Waals surface area contributed by atoms with Crippen molar-refractivity contribution in [2.75, 3.05) is 0 Å². The predicted molar refractivity (Wildman–Crippen MR) is 146 cm³/mol. The smallest absolute Gasteiger partial charge is 0.330 e. The Labute approximate surface area is 223 Å². The maximum atomic E-state index is 12.4. The van der Waals surface area contributed by atoms with E-state index in [-0.39, 0.29) is 39.8 Å². The van der Waals surface area contributed by atoms with Crippen LogP contribution < -0.4 is 0 Å². The van der Waals surface area contributed by atoms with Gasteiger partial charge in [0.15, 0.2) is 0 Å². The Bertz CT molecular complexity index is 1050.